The first-order valence-electron chi connectivity index (χ1n) is 12.7. The maximum Gasteiger partial charge on any atom is 0.287 e. The van der Waals surface area contributed by atoms with Crippen LogP contribution in [0.1, 0.15) is 42.6 Å². The average Bonchev–Trinajstić information content (AvgIpc) is 3.25. The number of nitrogens with zero attached hydrogens (tertiary/aromatic N) is 1. The SMILES string of the molecule is COc1cccc2[nH]c(C(=O)N3CC4(CC3C(=O)NC(C[C@@H]3CCCNC3=O)C(=O)C(N)=O)CC4(F)F)cc12. The lowest BCUT2D eigenvalue weighted by Crippen LogP contribution is -2.54. The molecule has 4 atom stereocenters. The second-order valence-electron chi connectivity index (χ2n) is 10.6. The first-order valence-corrected chi connectivity index (χ1v) is 12.7. The van der Waals surface area contributed by atoms with Crippen LogP contribution in [-0.2, 0) is 19.2 Å². The summed E-state index contributed by atoms with van der Waals surface area (Å²) in [6.07, 6.45) is 0.128. The van der Waals surface area contributed by atoms with Crippen LogP contribution < -0.4 is 21.1 Å². The van der Waals surface area contributed by atoms with Crippen LogP contribution in [-0.4, -0.2) is 77.5 Å². The number of aromatic amines is 1. The number of carbonyl (C=O) groups is 5. The van der Waals surface area contributed by atoms with Crippen molar-refractivity contribution in [2.24, 2.45) is 17.1 Å². The van der Waals surface area contributed by atoms with E-state index in [2.05, 4.69) is 15.6 Å². The smallest absolute Gasteiger partial charge is 0.287 e. The van der Waals surface area contributed by atoms with E-state index in [1.54, 1.807) is 18.2 Å². The number of benzene rings is 1. The second-order valence-corrected chi connectivity index (χ2v) is 10.6. The van der Waals surface area contributed by atoms with E-state index in [0.717, 1.165) is 4.90 Å². The fraction of sp³-hybridized carbons (Fsp3) is 0.500. The molecule has 1 aromatic carbocycles. The lowest BCUT2D eigenvalue weighted by atomic mass is 9.89. The third-order valence-corrected chi connectivity index (χ3v) is 8.08. The first-order chi connectivity index (χ1) is 18.5. The topological polar surface area (TPSA) is 164 Å². The molecule has 3 aliphatic rings. The summed E-state index contributed by atoms with van der Waals surface area (Å²) in [7, 11) is 1.48. The molecule has 2 aromatic rings. The third kappa shape index (κ3) is 4.70. The Labute approximate surface area is 221 Å². The number of nitrogens with two attached hydrogens (primary N) is 1. The van der Waals surface area contributed by atoms with Gasteiger partial charge in [0.25, 0.3) is 17.7 Å². The molecule has 1 spiro atoms. The fourth-order valence-electron chi connectivity index (χ4n) is 5.79. The number of rotatable bonds is 8. The lowest BCUT2D eigenvalue weighted by molar-refractivity contribution is -0.139. The van der Waals surface area contributed by atoms with Gasteiger partial charge in [-0.25, -0.2) is 8.78 Å². The molecule has 13 heteroatoms. The molecule has 3 fully saturated rings. The highest BCUT2D eigenvalue weighted by Crippen LogP contribution is 2.66. The molecule has 208 valence electrons. The molecular weight excluding hydrogens is 516 g/mol. The average molecular weight is 546 g/mol. The highest BCUT2D eigenvalue weighted by molar-refractivity contribution is 6.38. The van der Waals surface area contributed by atoms with Gasteiger partial charge in [-0.15, -0.1) is 0 Å². The molecule has 4 amide bonds. The summed E-state index contributed by atoms with van der Waals surface area (Å²) >= 11 is 0. The Bertz CT molecular complexity index is 1380. The van der Waals surface area contributed by atoms with Crippen LogP contribution in [0.15, 0.2) is 24.3 Å². The molecule has 3 heterocycles. The number of alkyl halides is 2. The number of primary amides is 1. The zero-order chi connectivity index (χ0) is 28.1. The number of methoxy groups -OCH3 is 1. The predicted octanol–water partition coefficient (Wildman–Crippen LogP) is 0.872. The van der Waals surface area contributed by atoms with E-state index in [-0.39, 0.29) is 31.0 Å². The van der Waals surface area contributed by atoms with E-state index in [1.807, 2.05) is 0 Å². The van der Waals surface area contributed by atoms with Gasteiger partial charge in [-0.2, -0.15) is 0 Å². The van der Waals surface area contributed by atoms with Crippen molar-refractivity contribution in [1.29, 1.82) is 0 Å². The van der Waals surface area contributed by atoms with Crippen molar-refractivity contribution in [3.8, 4) is 5.75 Å². The fourth-order valence-corrected chi connectivity index (χ4v) is 5.79. The number of H-pyrrole nitrogens is 1. The van der Waals surface area contributed by atoms with Gasteiger partial charge in [0.05, 0.1) is 18.6 Å². The van der Waals surface area contributed by atoms with Crippen LogP contribution in [0.5, 0.6) is 5.75 Å². The highest BCUT2D eigenvalue weighted by atomic mass is 19.3. The summed E-state index contributed by atoms with van der Waals surface area (Å²) in [5.41, 5.74) is 4.30. The van der Waals surface area contributed by atoms with Crippen molar-refractivity contribution in [3.63, 3.8) is 0 Å². The number of carbonyl (C=O) groups excluding carboxylic acids is 5. The molecule has 39 heavy (non-hydrogen) atoms. The molecule has 11 nitrogen and oxygen atoms in total. The number of piperidine rings is 1. The van der Waals surface area contributed by atoms with Crippen LogP contribution in [0.25, 0.3) is 10.9 Å². The Balaban J connectivity index is 1.41. The number of fused-ring (bicyclic) bond motifs is 1. The Morgan fingerprint density at radius 3 is 2.67 bits per heavy atom. The zero-order valence-corrected chi connectivity index (χ0v) is 21.2. The van der Waals surface area contributed by atoms with E-state index in [4.69, 9.17) is 10.5 Å². The normalized spacial score (nSPS) is 26.2. The van der Waals surface area contributed by atoms with Crippen LogP contribution in [0.2, 0.25) is 0 Å². The summed E-state index contributed by atoms with van der Waals surface area (Å²) in [5, 5.41) is 5.72. The van der Waals surface area contributed by atoms with Crippen molar-refractivity contribution >= 4 is 40.3 Å². The summed E-state index contributed by atoms with van der Waals surface area (Å²) in [6, 6.07) is 3.92. The van der Waals surface area contributed by atoms with Crippen molar-refractivity contribution in [2.45, 2.75) is 50.1 Å². The highest BCUT2D eigenvalue weighted by Gasteiger charge is 2.75. The largest absolute Gasteiger partial charge is 0.496 e. The molecule has 1 aromatic heterocycles. The van der Waals surface area contributed by atoms with Crippen LogP contribution in [0.4, 0.5) is 8.78 Å². The molecule has 2 aliphatic heterocycles. The number of ether oxygens (including phenoxy) is 1. The van der Waals surface area contributed by atoms with Gasteiger partial charge in [0.2, 0.25) is 17.6 Å². The van der Waals surface area contributed by atoms with E-state index < -0.39 is 59.3 Å². The molecule has 2 saturated heterocycles. The number of nitrogens with one attached hydrogen (secondary N) is 3. The van der Waals surface area contributed by atoms with E-state index in [0.29, 0.717) is 36.0 Å². The van der Waals surface area contributed by atoms with Crippen LogP contribution in [0.3, 0.4) is 0 Å². The minimum absolute atomic E-state index is 0.0805. The standard InChI is InChI=1S/C26H29F2N5O6/c1-39-19-6-2-5-15-14(19)9-17(31-15)24(38)33-12-25(11-26(25,27)28)10-18(33)23(37)32-16(20(34)21(29)35)8-13-4-3-7-30-22(13)36/h2,5-6,9,13,16,18,31H,3-4,7-8,10-12H2,1H3,(H2,29,35)(H,30,36)(H,32,37)/t13-,16?,18?,25?/m0/s1. The number of Topliss-reactive ketones (excluding diaryl/α,β-unsaturated/α-hetero) is 1. The third-order valence-electron chi connectivity index (χ3n) is 8.08. The number of amides is 4. The number of ketones is 1. The Morgan fingerprint density at radius 1 is 1.28 bits per heavy atom. The van der Waals surface area contributed by atoms with Crippen molar-refractivity contribution in [1.82, 2.24) is 20.5 Å². The zero-order valence-electron chi connectivity index (χ0n) is 21.2. The Hall–Kier alpha value is -4.03. The predicted molar refractivity (Wildman–Crippen MR) is 133 cm³/mol. The maximum absolute atomic E-state index is 14.4. The van der Waals surface area contributed by atoms with Crippen LogP contribution in [0, 0.1) is 11.3 Å². The van der Waals surface area contributed by atoms with Gasteiger partial charge < -0.3 is 31.0 Å². The number of halogens is 2. The molecule has 1 saturated carbocycles. The summed E-state index contributed by atoms with van der Waals surface area (Å²) in [5.74, 6) is -7.45. The quantitative estimate of drug-likeness (QED) is 0.360. The van der Waals surface area contributed by atoms with Crippen molar-refractivity contribution in [2.75, 3.05) is 20.2 Å². The van der Waals surface area contributed by atoms with Crippen molar-refractivity contribution < 1.29 is 37.5 Å². The molecule has 5 rings (SSSR count). The minimum Gasteiger partial charge on any atom is -0.496 e. The number of likely N-dealkylation sites (tertiary alicyclic amines) is 1. The molecular formula is C26H29F2N5O6. The first kappa shape index (κ1) is 26.6. The molecule has 0 radical (unpaired) electrons. The molecule has 0 bridgehead atoms. The number of aromatic nitrogens is 1. The minimum atomic E-state index is -3.05. The van der Waals surface area contributed by atoms with Gasteiger partial charge >= 0.3 is 0 Å². The second kappa shape index (κ2) is 9.62. The van der Waals surface area contributed by atoms with Gasteiger partial charge in [0.15, 0.2) is 0 Å². The summed E-state index contributed by atoms with van der Waals surface area (Å²) < 4.78 is 34.2. The molecule has 3 unspecified atom stereocenters. The van der Waals surface area contributed by atoms with Gasteiger partial charge in [0, 0.05) is 36.3 Å². The summed E-state index contributed by atoms with van der Waals surface area (Å²) in [4.78, 5) is 67.6. The van der Waals surface area contributed by atoms with Gasteiger partial charge in [-0.05, 0) is 43.9 Å². The lowest BCUT2D eigenvalue weighted by Gasteiger charge is -2.28. The van der Waals surface area contributed by atoms with Gasteiger partial charge in [0.1, 0.15) is 17.5 Å². The van der Waals surface area contributed by atoms with E-state index >= 15 is 0 Å². The maximum atomic E-state index is 14.4. The van der Waals surface area contributed by atoms with E-state index in [1.165, 1.54) is 13.2 Å². The van der Waals surface area contributed by atoms with Crippen LogP contribution >= 0.6 is 0 Å². The summed E-state index contributed by atoms with van der Waals surface area (Å²) in [6.45, 7) is 0.119. The monoisotopic (exact) mass is 545 g/mol. The van der Waals surface area contributed by atoms with Crippen molar-refractivity contribution in [3.05, 3.63) is 30.0 Å². The number of hydrogen-bond donors (Lipinski definition) is 4. The molecule has 5 N–H and O–H groups in total. The Kier molecular flexibility index (Phi) is 6.55. The van der Waals surface area contributed by atoms with Gasteiger partial charge in [-0.1, -0.05) is 6.07 Å². The van der Waals surface area contributed by atoms with E-state index in [9.17, 15) is 32.8 Å². The molecule has 1 aliphatic carbocycles. The van der Waals surface area contributed by atoms with Gasteiger partial charge in [-0.3, -0.25) is 24.0 Å². The Morgan fingerprint density at radius 2 is 2.03 bits per heavy atom. The number of hydrogen-bond acceptors (Lipinski definition) is 6.